The van der Waals surface area contributed by atoms with Gasteiger partial charge in [0, 0.05) is 12.8 Å². The summed E-state index contributed by atoms with van der Waals surface area (Å²) in [5.41, 5.74) is 0. The van der Waals surface area contributed by atoms with Crippen LogP contribution in [0, 0.1) is 0 Å². The molecule has 0 aliphatic rings. The van der Waals surface area contributed by atoms with Crippen LogP contribution in [-0.2, 0) is 14.3 Å². The van der Waals surface area contributed by atoms with Crippen LogP contribution in [0.25, 0.3) is 0 Å². The van der Waals surface area contributed by atoms with Gasteiger partial charge in [0.15, 0.2) is 0 Å². The molecule has 3 N–H and O–H groups in total. The van der Waals surface area contributed by atoms with Crippen LogP contribution in [-0.4, -0.2) is 47.4 Å². The van der Waals surface area contributed by atoms with Gasteiger partial charge < -0.3 is 20.3 Å². The molecule has 2 unspecified atom stereocenters. The van der Waals surface area contributed by atoms with Crippen LogP contribution in [0.4, 0.5) is 0 Å². The van der Waals surface area contributed by atoms with Gasteiger partial charge in [0.2, 0.25) is 5.91 Å². The summed E-state index contributed by atoms with van der Waals surface area (Å²) in [7, 11) is 0. The molecule has 0 aromatic carbocycles. The molecule has 0 radical (unpaired) electrons. The second-order valence-electron chi connectivity index (χ2n) is 27.0. The summed E-state index contributed by atoms with van der Waals surface area (Å²) in [6, 6.07) is -0.628. The van der Waals surface area contributed by atoms with E-state index in [2.05, 4.69) is 67.8 Å². The third kappa shape index (κ3) is 72.6. The number of carbonyl (C=O) groups excluding carboxylic acids is 2. The zero-order valence-electron chi connectivity index (χ0n) is 59.2. The number of hydrogen-bond acceptors (Lipinski definition) is 5. The van der Waals surface area contributed by atoms with E-state index in [9.17, 15) is 19.8 Å². The first-order valence-electron chi connectivity index (χ1n) is 39.6. The van der Waals surface area contributed by atoms with Gasteiger partial charge in [-0.15, -0.1) is 0 Å². The molecule has 0 saturated heterocycles. The molecule has 0 aromatic heterocycles. The molecule has 88 heavy (non-hydrogen) atoms. The third-order valence-electron chi connectivity index (χ3n) is 18.3. The standard InChI is InChI=1S/C82H153NO5/c1-3-5-7-9-11-13-15-17-19-21-42-46-50-54-58-62-66-70-74-80(85)79(78-84)83-81(86)75-71-67-63-59-55-51-47-43-40-38-36-34-32-30-28-26-24-23-25-27-29-31-33-35-37-39-41-45-49-53-57-61-65-69-73-77-88-82(87)76-72-68-64-60-56-52-48-44-22-20-18-16-14-12-10-8-6-4-2/h14,16,20,22,25,27,31,33,70,74,79-80,84-85H,3-13,15,17-19,21,23-24,26,28-30,32,34-69,71-73,75-78H2,1-2H3,(H,83,86)/b16-14-,22-20-,27-25-,33-31-,74-70+. The molecule has 0 rings (SSSR count). The van der Waals surface area contributed by atoms with Crippen molar-refractivity contribution in [3.63, 3.8) is 0 Å². The van der Waals surface area contributed by atoms with Crippen LogP contribution in [0.5, 0.6) is 0 Å². The molecule has 0 spiro atoms. The van der Waals surface area contributed by atoms with Crippen LogP contribution >= 0.6 is 0 Å². The number of unbranched alkanes of at least 4 members (excludes halogenated alkanes) is 55. The molecule has 0 fully saturated rings. The van der Waals surface area contributed by atoms with Crippen molar-refractivity contribution in [3.05, 3.63) is 60.8 Å². The molecule has 0 heterocycles. The van der Waals surface area contributed by atoms with Crippen molar-refractivity contribution in [3.8, 4) is 0 Å². The summed E-state index contributed by atoms with van der Waals surface area (Å²) in [4.78, 5) is 24.6. The highest BCUT2D eigenvalue weighted by Gasteiger charge is 2.18. The molecule has 0 aromatic rings. The zero-order valence-corrected chi connectivity index (χ0v) is 59.2. The fraction of sp³-hybridized carbons (Fsp3) is 0.854. The lowest BCUT2D eigenvalue weighted by Gasteiger charge is -2.20. The van der Waals surface area contributed by atoms with Crippen LogP contribution in [0.15, 0.2) is 60.8 Å². The van der Waals surface area contributed by atoms with E-state index in [4.69, 9.17) is 4.74 Å². The Morgan fingerprint density at radius 3 is 0.875 bits per heavy atom. The van der Waals surface area contributed by atoms with Crippen molar-refractivity contribution in [1.29, 1.82) is 0 Å². The van der Waals surface area contributed by atoms with Gasteiger partial charge in [-0.25, -0.2) is 0 Å². The van der Waals surface area contributed by atoms with Gasteiger partial charge in [-0.3, -0.25) is 9.59 Å². The summed E-state index contributed by atoms with van der Waals surface area (Å²) in [6.07, 6.45) is 103. The highest BCUT2D eigenvalue weighted by molar-refractivity contribution is 5.76. The predicted octanol–water partition coefficient (Wildman–Crippen LogP) is 26.2. The number of rotatable bonds is 74. The minimum Gasteiger partial charge on any atom is -0.466 e. The zero-order chi connectivity index (χ0) is 63.5. The molecule has 6 heteroatoms. The first kappa shape index (κ1) is 85.6. The minimum absolute atomic E-state index is 0.00940. The molecule has 0 bridgehead atoms. The average Bonchev–Trinajstić information content (AvgIpc) is 3.58. The molecule has 0 aliphatic heterocycles. The minimum atomic E-state index is -0.844. The summed E-state index contributed by atoms with van der Waals surface area (Å²) < 4.78 is 5.50. The fourth-order valence-electron chi connectivity index (χ4n) is 12.2. The first-order chi connectivity index (χ1) is 43.5. The molecule has 2 atom stereocenters. The number of carbonyl (C=O) groups is 2. The SMILES string of the molecule is CCCCCC/C=C\C/C=C\CCCCCCCCCC(=O)OCCCCCCCCCCCCC/C=C\C/C=C\CCCCCCCCCCCCCCCCCCCC(=O)NC(CO)C(O)/C=C/CCCCCCCCCCCCCCCCCC. The van der Waals surface area contributed by atoms with Crippen LogP contribution in [0.2, 0.25) is 0 Å². The Kier molecular flexibility index (Phi) is 74.9. The third-order valence-corrected chi connectivity index (χ3v) is 18.3. The Labute approximate surface area is 549 Å². The van der Waals surface area contributed by atoms with E-state index in [0.717, 1.165) is 57.8 Å². The summed E-state index contributed by atoms with van der Waals surface area (Å²) >= 11 is 0. The van der Waals surface area contributed by atoms with Crippen molar-refractivity contribution in [2.75, 3.05) is 13.2 Å². The van der Waals surface area contributed by atoms with Crippen molar-refractivity contribution >= 4 is 11.9 Å². The first-order valence-corrected chi connectivity index (χ1v) is 39.6. The van der Waals surface area contributed by atoms with Crippen LogP contribution in [0.1, 0.15) is 425 Å². The molecule has 0 saturated carbocycles. The van der Waals surface area contributed by atoms with Crippen LogP contribution in [0.3, 0.4) is 0 Å². The Morgan fingerprint density at radius 2 is 0.568 bits per heavy atom. The number of esters is 1. The average molecular weight is 1230 g/mol. The van der Waals surface area contributed by atoms with E-state index in [1.54, 1.807) is 6.08 Å². The van der Waals surface area contributed by atoms with Gasteiger partial charge in [0.05, 0.1) is 25.4 Å². The van der Waals surface area contributed by atoms with Gasteiger partial charge in [-0.05, 0) is 96.3 Å². The van der Waals surface area contributed by atoms with E-state index in [1.165, 1.54) is 340 Å². The van der Waals surface area contributed by atoms with Crippen LogP contribution < -0.4 is 5.32 Å². The number of ether oxygens (including phenoxy) is 1. The number of hydrogen-bond donors (Lipinski definition) is 3. The smallest absolute Gasteiger partial charge is 0.305 e. The number of amides is 1. The molecule has 516 valence electrons. The molecular formula is C82H153NO5. The van der Waals surface area contributed by atoms with Gasteiger partial charge >= 0.3 is 5.97 Å². The van der Waals surface area contributed by atoms with Crippen molar-refractivity contribution in [2.45, 2.75) is 437 Å². The Morgan fingerprint density at radius 1 is 0.318 bits per heavy atom. The quantitative estimate of drug-likeness (QED) is 0.0320. The van der Waals surface area contributed by atoms with E-state index in [-0.39, 0.29) is 18.5 Å². The lowest BCUT2D eigenvalue weighted by atomic mass is 10.0. The lowest BCUT2D eigenvalue weighted by molar-refractivity contribution is -0.143. The van der Waals surface area contributed by atoms with Crippen molar-refractivity contribution in [1.82, 2.24) is 5.32 Å². The van der Waals surface area contributed by atoms with Gasteiger partial charge in [0.25, 0.3) is 0 Å². The summed E-state index contributed by atoms with van der Waals surface area (Å²) in [5.74, 6) is -0.0532. The number of aliphatic hydroxyl groups excluding tert-OH is 2. The van der Waals surface area contributed by atoms with E-state index in [0.29, 0.717) is 19.4 Å². The van der Waals surface area contributed by atoms with E-state index >= 15 is 0 Å². The second kappa shape index (κ2) is 77.0. The largest absolute Gasteiger partial charge is 0.466 e. The maximum absolute atomic E-state index is 12.5. The van der Waals surface area contributed by atoms with E-state index in [1.807, 2.05) is 6.08 Å². The molecule has 6 nitrogen and oxygen atoms in total. The maximum Gasteiger partial charge on any atom is 0.305 e. The monoisotopic (exact) mass is 1230 g/mol. The van der Waals surface area contributed by atoms with Crippen molar-refractivity contribution < 1.29 is 24.5 Å². The number of nitrogens with one attached hydrogen (secondary N) is 1. The topological polar surface area (TPSA) is 95.9 Å². The van der Waals surface area contributed by atoms with Gasteiger partial charge in [-0.2, -0.15) is 0 Å². The molecule has 0 aliphatic carbocycles. The van der Waals surface area contributed by atoms with Gasteiger partial charge in [-0.1, -0.05) is 376 Å². The normalized spacial score (nSPS) is 12.8. The number of allylic oxidation sites excluding steroid dienone is 9. The Balaban J connectivity index is 3.39. The fourth-order valence-corrected chi connectivity index (χ4v) is 12.2. The van der Waals surface area contributed by atoms with E-state index < -0.39 is 12.1 Å². The predicted molar refractivity (Wildman–Crippen MR) is 389 cm³/mol. The Bertz CT molecular complexity index is 1520. The maximum atomic E-state index is 12.5. The summed E-state index contributed by atoms with van der Waals surface area (Å²) in [6.45, 7) is 4.92. The molecule has 1 amide bonds. The Hall–Kier alpha value is -2.44. The number of aliphatic hydroxyl groups is 2. The second-order valence-corrected chi connectivity index (χ2v) is 27.0. The highest BCUT2D eigenvalue weighted by atomic mass is 16.5. The lowest BCUT2D eigenvalue weighted by Crippen LogP contribution is -2.45. The summed E-state index contributed by atoms with van der Waals surface area (Å²) in [5, 5.41) is 23.2. The highest BCUT2D eigenvalue weighted by Crippen LogP contribution is 2.19. The van der Waals surface area contributed by atoms with Gasteiger partial charge in [0.1, 0.15) is 0 Å². The van der Waals surface area contributed by atoms with Crippen molar-refractivity contribution in [2.24, 2.45) is 0 Å². The molecular weight excluding hydrogens is 1080 g/mol.